The number of hydrogen-bond acceptors (Lipinski definition) is 2. The topological polar surface area (TPSA) is 46.9 Å². The Kier molecular flexibility index (Phi) is 4.79. The van der Waals surface area contributed by atoms with E-state index in [1.165, 1.54) is 12.0 Å². The minimum absolute atomic E-state index is 0.149. The number of nitrogens with zero attached hydrogens (tertiary/aromatic N) is 2. The summed E-state index contributed by atoms with van der Waals surface area (Å²) < 4.78 is 1.98. The number of aryl methyl sites for hydroxylation is 2. The summed E-state index contributed by atoms with van der Waals surface area (Å²) in [4.78, 5) is 17.2. The predicted octanol–water partition coefficient (Wildman–Crippen LogP) is 3.51. The molecule has 1 N–H and O–H groups in total. The summed E-state index contributed by atoms with van der Waals surface area (Å²) in [6.45, 7) is 2.07. The summed E-state index contributed by atoms with van der Waals surface area (Å²) >= 11 is 0. The summed E-state index contributed by atoms with van der Waals surface area (Å²) in [6.07, 6.45) is 9.30. The Bertz CT molecular complexity index is 671. The van der Waals surface area contributed by atoms with Crippen molar-refractivity contribution in [3.63, 3.8) is 0 Å². The van der Waals surface area contributed by atoms with E-state index in [0.29, 0.717) is 0 Å². The Morgan fingerprint density at radius 1 is 1.30 bits per heavy atom. The van der Waals surface area contributed by atoms with E-state index in [-0.39, 0.29) is 17.9 Å². The fraction of sp³-hybridized carbons (Fsp3) is 0.474. The van der Waals surface area contributed by atoms with Crippen molar-refractivity contribution < 1.29 is 4.79 Å². The third kappa shape index (κ3) is 3.63. The van der Waals surface area contributed by atoms with Gasteiger partial charge in [0.2, 0.25) is 5.91 Å². The first-order valence-electron chi connectivity index (χ1n) is 8.49. The van der Waals surface area contributed by atoms with Crippen LogP contribution in [-0.2, 0) is 11.8 Å². The van der Waals surface area contributed by atoms with Gasteiger partial charge >= 0.3 is 0 Å². The van der Waals surface area contributed by atoms with Crippen LogP contribution < -0.4 is 5.32 Å². The van der Waals surface area contributed by atoms with Gasteiger partial charge in [0.25, 0.3) is 0 Å². The van der Waals surface area contributed by atoms with Crippen LogP contribution in [0.25, 0.3) is 0 Å². The van der Waals surface area contributed by atoms with E-state index in [9.17, 15) is 4.79 Å². The Hall–Kier alpha value is -2.10. The van der Waals surface area contributed by atoms with Crippen LogP contribution in [0.3, 0.4) is 0 Å². The van der Waals surface area contributed by atoms with Crippen molar-refractivity contribution in [1.29, 1.82) is 0 Å². The average molecular weight is 311 g/mol. The second-order valence-electron chi connectivity index (χ2n) is 6.59. The zero-order valence-corrected chi connectivity index (χ0v) is 14.0. The fourth-order valence-electron chi connectivity index (χ4n) is 3.43. The second kappa shape index (κ2) is 6.99. The highest BCUT2D eigenvalue weighted by Crippen LogP contribution is 2.26. The molecule has 0 aliphatic heterocycles. The van der Waals surface area contributed by atoms with E-state index < -0.39 is 0 Å². The Labute approximate surface area is 137 Å². The third-order valence-electron chi connectivity index (χ3n) is 4.75. The van der Waals surface area contributed by atoms with E-state index in [0.717, 1.165) is 37.1 Å². The molecule has 122 valence electrons. The number of carbonyl (C=O) groups excluding carboxylic acids is 1. The minimum Gasteiger partial charge on any atom is -0.342 e. The van der Waals surface area contributed by atoms with Crippen LogP contribution in [0.4, 0.5) is 0 Å². The number of hydrogen-bond donors (Lipinski definition) is 1. The second-order valence-corrected chi connectivity index (χ2v) is 6.59. The molecule has 0 spiro atoms. The number of amides is 1. The van der Waals surface area contributed by atoms with Crippen LogP contribution in [0.15, 0.2) is 36.7 Å². The molecule has 1 saturated carbocycles. The summed E-state index contributed by atoms with van der Waals surface area (Å²) in [5, 5.41) is 3.25. The summed E-state index contributed by atoms with van der Waals surface area (Å²) in [7, 11) is 1.97. The van der Waals surface area contributed by atoms with Crippen molar-refractivity contribution in [2.45, 2.75) is 45.1 Å². The highest BCUT2D eigenvalue weighted by atomic mass is 16.1. The lowest BCUT2D eigenvalue weighted by atomic mass is 9.88. The largest absolute Gasteiger partial charge is 0.342 e. The fourth-order valence-corrected chi connectivity index (χ4v) is 3.43. The van der Waals surface area contributed by atoms with Crippen LogP contribution in [0.2, 0.25) is 0 Å². The molecule has 23 heavy (non-hydrogen) atoms. The SMILES string of the molecule is Cc1cccc(C(NC(=O)C2CCCCC2)c2nccn2C)c1. The molecule has 1 aliphatic rings. The molecule has 0 bridgehead atoms. The van der Waals surface area contributed by atoms with Crippen LogP contribution >= 0.6 is 0 Å². The number of benzene rings is 1. The highest BCUT2D eigenvalue weighted by Gasteiger charge is 2.26. The molecule has 2 aromatic rings. The number of rotatable bonds is 4. The van der Waals surface area contributed by atoms with E-state index in [1.54, 1.807) is 6.20 Å². The molecular formula is C19H25N3O. The maximum absolute atomic E-state index is 12.7. The molecule has 0 saturated heterocycles. The number of aromatic nitrogens is 2. The molecule has 1 atom stereocenters. The molecule has 4 nitrogen and oxygen atoms in total. The molecule has 3 rings (SSSR count). The smallest absolute Gasteiger partial charge is 0.223 e. The van der Waals surface area contributed by atoms with Crippen LogP contribution in [-0.4, -0.2) is 15.5 Å². The van der Waals surface area contributed by atoms with E-state index in [2.05, 4.69) is 35.4 Å². The Balaban J connectivity index is 1.86. The van der Waals surface area contributed by atoms with Gasteiger partial charge in [0.1, 0.15) is 11.9 Å². The van der Waals surface area contributed by atoms with Gasteiger partial charge in [0.05, 0.1) is 0 Å². The Morgan fingerprint density at radius 2 is 2.09 bits per heavy atom. The van der Waals surface area contributed by atoms with Gasteiger partial charge in [-0.1, -0.05) is 49.1 Å². The zero-order valence-electron chi connectivity index (χ0n) is 14.0. The Morgan fingerprint density at radius 3 is 2.74 bits per heavy atom. The van der Waals surface area contributed by atoms with Gasteiger partial charge in [-0.15, -0.1) is 0 Å². The lowest BCUT2D eigenvalue weighted by molar-refractivity contribution is -0.126. The molecule has 1 heterocycles. The number of imidazole rings is 1. The maximum atomic E-state index is 12.7. The molecule has 1 aliphatic carbocycles. The highest BCUT2D eigenvalue weighted by molar-refractivity contribution is 5.79. The molecule has 1 aromatic carbocycles. The van der Waals surface area contributed by atoms with Crippen LogP contribution in [0.1, 0.15) is 55.1 Å². The van der Waals surface area contributed by atoms with E-state index in [1.807, 2.05) is 23.9 Å². The summed E-state index contributed by atoms with van der Waals surface area (Å²) in [5.41, 5.74) is 2.28. The molecule has 1 aromatic heterocycles. The minimum atomic E-state index is -0.190. The molecule has 4 heteroatoms. The van der Waals surface area contributed by atoms with E-state index >= 15 is 0 Å². The van der Waals surface area contributed by atoms with Crippen molar-refractivity contribution in [2.75, 3.05) is 0 Å². The number of nitrogens with one attached hydrogen (secondary N) is 1. The first kappa shape index (κ1) is 15.8. The van der Waals surface area contributed by atoms with Crippen molar-refractivity contribution in [2.24, 2.45) is 13.0 Å². The standard InChI is InChI=1S/C19H25N3O/c1-14-7-6-10-16(13-14)17(18-20-11-12-22(18)2)21-19(23)15-8-4-3-5-9-15/h6-7,10-13,15,17H,3-5,8-9H2,1-2H3,(H,21,23). The zero-order chi connectivity index (χ0) is 16.2. The first-order valence-corrected chi connectivity index (χ1v) is 8.49. The van der Waals surface area contributed by atoms with Crippen LogP contribution in [0, 0.1) is 12.8 Å². The van der Waals surface area contributed by atoms with Crippen molar-refractivity contribution in [3.8, 4) is 0 Å². The molecule has 1 amide bonds. The summed E-state index contributed by atoms with van der Waals surface area (Å²) in [5.74, 6) is 1.19. The quantitative estimate of drug-likeness (QED) is 0.939. The van der Waals surface area contributed by atoms with Gasteiger partial charge in [-0.2, -0.15) is 0 Å². The third-order valence-corrected chi connectivity index (χ3v) is 4.75. The summed E-state index contributed by atoms with van der Waals surface area (Å²) in [6, 6.07) is 8.10. The normalized spacial score (nSPS) is 17.0. The van der Waals surface area contributed by atoms with Crippen LogP contribution in [0.5, 0.6) is 0 Å². The van der Waals surface area contributed by atoms with Gasteiger partial charge in [-0.3, -0.25) is 4.79 Å². The average Bonchev–Trinajstić information content (AvgIpc) is 2.99. The molecule has 1 fully saturated rings. The van der Waals surface area contributed by atoms with Crippen molar-refractivity contribution >= 4 is 5.91 Å². The van der Waals surface area contributed by atoms with Gasteiger partial charge in [-0.25, -0.2) is 4.98 Å². The van der Waals surface area contributed by atoms with E-state index in [4.69, 9.17) is 0 Å². The van der Waals surface area contributed by atoms with Gasteiger partial charge in [0, 0.05) is 25.4 Å². The van der Waals surface area contributed by atoms with Gasteiger partial charge in [0.15, 0.2) is 0 Å². The lowest BCUT2D eigenvalue weighted by Crippen LogP contribution is -2.36. The maximum Gasteiger partial charge on any atom is 0.223 e. The van der Waals surface area contributed by atoms with Gasteiger partial charge in [-0.05, 0) is 25.3 Å². The molecule has 1 unspecified atom stereocenters. The molecule has 0 radical (unpaired) electrons. The first-order chi connectivity index (χ1) is 11.1. The predicted molar refractivity (Wildman–Crippen MR) is 90.9 cm³/mol. The molecular weight excluding hydrogens is 286 g/mol. The monoisotopic (exact) mass is 311 g/mol. The number of carbonyl (C=O) groups is 1. The van der Waals surface area contributed by atoms with Crippen molar-refractivity contribution in [3.05, 3.63) is 53.6 Å². The lowest BCUT2D eigenvalue weighted by Gasteiger charge is -2.25. The van der Waals surface area contributed by atoms with Crippen molar-refractivity contribution in [1.82, 2.24) is 14.9 Å². The van der Waals surface area contributed by atoms with Gasteiger partial charge < -0.3 is 9.88 Å².